The number of hydrogen-bond acceptors (Lipinski definition) is 5. The summed E-state index contributed by atoms with van der Waals surface area (Å²) >= 11 is 0. The van der Waals surface area contributed by atoms with Crippen LogP contribution in [0.15, 0.2) is 30.3 Å². The lowest BCUT2D eigenvalue weighted by atomic mass is 10.0. The SMILES string of the molecule is Cc1nc(N[C@H](C)c2cccc(C(C)(F)F)c2F)c2cc(P3(=O)CCN(C(=O)C4CC4)CC3)c(F)cc2n1. The Balaban J connectivity index is 1.48. The van der Waals surface area contributed by atoms with Gasteiger partial charge in [0.2, 0.25) is 5.91 Å². The van der Waals surface area contributed by atoms with Gasteiger partial charge in [-0.25, -0.2) is 27.5 Å². The summed E-state index contributed by atoms with van der Waals surface area (Å²) in [5.74, 6) is -4.28. The van der Waals surface area contributed by atoms with Crippen molar-refractivity contribution >= 4 is 35.1 Å². The molecule has 5 rings (SSSR count). The van der Waals surface area contributed by atoms with E-state index in [-0.39, 0.29) is 46.4 Å². The Morgan fingerprint density at radius 1 is 1.16 bits per heavy atom. The van der Waals surface area contributed by atoms with Crippen molar-refractivity contribution < 1.29 is 26.9 Å². The van der Waals surface area contributed by atoms with Gasteiger partial charge in [0.15, 0.2) is 0 Å². The third-order valence-corrected chi connectivity index (χ3v) is 10.4. The minimum atomic E-state index is -3.35. The number of amides is 1. The average molecular weight is 549 g/mol. The van der Waals surface area contributed by atoms with Crippen molar-refractivity contribution in [1.82, 2.24) is 14.9 Å². The number of anilines is 1. The van der Waals surface area contributed by atoms with E-state index in [1.165, 1.54) is 24.3 Å². The van der Waals surface area contributed by atoms with E-state index in [2.05, 4.69) is 15.3 Å². The van der Waals surface area contributed by atoms with Crippen LogP contribution < -0.4 is 10.6 Å². The summed E-state index contributed by atoms with van der Waals surface area (Å²) in [7, 11) is -3.15. The van der Waals surface area contributed by atoms with Crippen molar-refractivity contribution in [3.63, 3.8) is 0 Å². The lowest BCUT2D eigenvalue weighted by molar-refractivity contribution is -0.132. The van der Waals surface area contributed by atoms with Crippen LogP contribution in [0.5, 0.6) is 0 Å². The molecule has 3 aromatic rings. The van der Waals surface area contributed by atoms with Gasteiger partial charge in [-0.05, 0) is 32.8 Å². The molecular formula is C27H29F4N4O2P. The number of fused-ring (bicyclic) bond motifs is 1. The van der Waals surface area contributed by atoms with Gasteiger partial charge in [0.1, 0.15) is 30.4 Å². The lowest BCUT2D eigenvalue weighted by Crippen LogP contribution is -2.42. The van der Waals surface area contributed by atoms with Crippen LogP contribution in [0, 0.1) is 24.5 Å². The van der Waals surface area contributed by atoms with Gasteiger partial charge in [-0.15, -0.1) is 0 Å². The highest BCUT2D eigenvalue weighted by Crippen LogP contribution is 2.48. The van der Waals surface area contributed by atoms with Crippen LogP contribution in [0.25, 0.3) is 10.9 Å². The Bertz CT molecular complexity index is 1460. The van der Waals surface area contributed by atoms with Gasteiger partial charge in [-0.1, -0.05) is 18.2 Å². The molecule has 2 fully saturated rings. The molecule has 1 saturated heterocycles. The quantitative estimate of drug-likeness (QED) is 0.314. The molecule has 2 aromatic carbocycles. The van der Waals surface area contributed by atoms with Gasteiger partial charge in [0.25, 0.3) is 5.92 Å². The molecule has 1 N–H and O–H groups in total. The van der Waals surface area contributed by atoms with Crippen LogP contribution in [0.4, 0.5) is 23.4 Å². The largest absolute Gasteiger partial charge is 0.363 e. The number of nitrogens with one attached hydrogen (secondary N) is 1. The maximum Gasteiger partial charge on any atom is 0.273 e. The Morgan fingerprint density at radius 3 is 2.47 bits per heavy atom. The summed E-state index contributed by atoms with van der Waals surface area (Å²) in [5, 5.41) is 3.53. The predicted octanol–water partition coefficient (Wildman–Crippen LogP) is 5.74. The molecule has 2 heterocycles. The fraction of sp³-hybridized carbons (Fsp3) is 0.444. The average Bonchev–Trinajstić information content (AvgIpc) is 3.68. The summed E-state index contributed by atoms with van der Waals surface area (Å²) < 4.78 is 72.0. The third-order valence-electron chi connectivity index (χ3n) is 7.34. The van der Waals surface area contributed by atoms with Crippen molar-refractivity contribution in [3.05, 3.63) is 58.9 Å². The normalized spacial score (nSPS) is 18.4. The summed E-state index contributed by atoms with van der Waals surface area (Å²) in [5.41, 5.74) is -0.408. The number of halogens is 4. The van der Waals surface area contributed by atoms with Gasteiger partial charge in [0, 0.05) is 60.6 Å². The van der Waals surface area contributed by atoms with Crippen molar-refractivity contribution in [2.75, 3.05) is 30.7 Å². The first-order valence-electron chi connectivity index (χ1n) is 12.7. The fourth-order valence-corrected chi connectivity index (χ4v) is 7.67. The molecule has 0 radical (unpaired) electrons. The van der Waals surface area contributed by atoms with Crippen LogP contribution >= 0.6 is 7.14 Å². The summed E-state index contributed by atoms with van der Waals surface area (Å²) in [6, 6.07) is 5.76. The fourth-order valence-electron chi connectivity index (χ4n) is 5.02. The van der Waals surface area contributed by atoms with E-state index in [0.717, 1.165) is 18.9 Å². The molecular weight excluding hydrogens is 519 g/mol. The Labute approximate surface area is 218 Å². The number of rotatable bonds is 6. The second-order valence-electron chi connectivity index (χ2n) is 10.3. The maximum atomic E-state index is 15.3. The number of hydrogen-bond donors (Lipinski definition) is 1. The molecule has 202 valence electrons. The monoisotopic (exact) mass is 548 g/mol. The van der Waals surface area contributed by atoms with E-state index >= 15 is 8.78 Å². The smallest absolute Gasteiger partial charge is 0.273 e. The highest BCUT2D eigenvalue weighted by Gasteiger charge is 2.39. The molecule has 1 atom stereocenters. The van der Waals surface area contributed by atoms with Crippen LogP contribution in [0.1, 0.15) is 49.7 Å². The minimum absolute atomic E-state index is 0.0243. The van der Waals surface area contributed by atoms with E-state index in [0.29, 0.717) is 31.2 Å². The van der Waals surface area contributed by atoms with Crippen molar-refractivity contribution in [1.29, 1.82) is 0 Å². The third kappa shape index (κ3) is 5.03. The first-order valence-corrected chi connectivity index (χ1v) is 14.7. The Hall–Kier alpha value is -3.00. The molecule has 1 aromatic heterocycles. The van der Waals surface area contributed by atoms with Gasteiger partial charge >= 0.3 is 0 Å². The lowest BCUT2D eigenvalue weighted by Gasteiger charge is -2.33. The zero-order valence-corrected chi connectivity index (χ0v) is 22.3. The van der Waals surface area contributed by atoms with Crippen LogP contribution in [-0.2, 0) is 15.3 Å². The number of alkyl halides is 2. The van der Waals surface area contributed by atoms with Gasteiger partial charge in [-0.2, -0.15) is 0 Å². The van der Waals surface area contributed by atoms with Crippen LogP contribution in [0.2, 0.25) is 0 Å². The van der Waals surface area contributed by atoms with Crippen LogP contribution in [0.3, 0.4) is 0 Å². The van der Waals surface area contributed by atoms with Gasteiger partial charge in [0.05, 0.1) is 17.1 Å². The number of aryl methyl sites for hydroxylation is 1. The molecule has 0 unspecified atom stereocenters. The number of aromatic nitrogens is 2. The zero-order valence-electron chi connectivity index (χ0n) is 21.4. The van der Waals surface area contributed by atoms with Crippen LogP contribution in [-0.4, -0.2) is 46.2 Å². The number of carbonyl (C=O) groups excluding carboxylic acids is 1. The van der Waals surface area contributed by atoms with E-state index in [1.54, 1.807) is 18.7 Å². The summed E-state index contributed by atoms with van der Waals surface area (Å²) in [6.45, 7) is 4.49. The van der Waals surface area contributed by atoms with Crippen molar-refractivity contribution in [2.45, 2.75) is 45.6 Å². The molecule has 1 saturated carbocycles. The Kier molecular flexibility index (Phi) is 6.74. The topological polar surface area (TPSA) is 75.2 Å². The molecule has 2 aliphatic rings. The number of nitrogens with zero attached hydrogens (tertiary/aromatic N) is 3. The maximum absolute atomic E-state index is 15.3. The van der Waals surface area contributed by atoms with Crippen molar-refractivity contribution in [3.8, 4) is 0 Å². The first kappa shape index (κ1) is 26.6. The Morgan fingerprint density at radius 2 is 1.84 bits per heavy atom. The van der Waals surface area contributed by atoms with E-state index < -0.39 is 36.3 Å². The zero-order chi connectivity index (χ0) is 27.4. The molecule has 1 amide bonds. The molecule has 6 nitrogen and oxygen atoms in total. The number of carbonyl (C=O) groups is 1. The van der Waals surface area contributed by atoms with Gasteiger partial charge in [-0.3, -0.25) is 4.79 Å². The molecule has 0 bridgehead atoms. The predicted molar refractivity (Wildman–Crippen MR) is 139 cm³/mol. The molecule has 38 heavy (non-hydrogen) atoms. The molecule has 1 aliphatic carbocycles. The van der Waals surface area contributed by atoms with E-state index in [9.17, 15) is 18.1 Å². The first-order chi connectivity index (χ1) is 17.9. The summed E-state index contributed by atoms with van der Waals surface area (Å²) in [4.78, 5) is 22.8. The minimum Gasteiger partial charge on any atom is -0.363 e. The molecule has 11 heteroatoms. The molecule has 1 aliphatic heterocycles. The highest BCUT2D eigenvalue weighted by atomic mass is 31.2. The molecule has 0 spiro atoms. The van der Waals surface area contributed by atoms with Gasteiger partial charge < -0.3 is 14.8 Å². The summed E-state index contributed by atoms with van der Waals surface area (Å²) in [6.07, 6.45) is 2.13. The van der Waals surface area contributed by atoms with Crippen molar-refractivity contribution in [2.24, 2.45) is 5.92 Å². The number of benzene rings is 2. The highest BCUT2D eigenvalue weighted by molar-refractivity contribution is 7.71. The standard InChI is InChI=1S/C27H29F4N4O2P/c1-15(18-5-4-6-20(24(18)29)27(3,30)31)32-25-19-13-23(21(28)14-22(19)33-16(2)34-25)38(37)11-9-35(10-12-38)26(36)17-7-8-17/h4-6,13-15,17H,7-12H2,1-3H3,(H,32,33,34)/t15-/m1/s1. The second-order valence-corrected chi connectivity index (χ2v) is 13.5. The van der Waals surface area contributed by atoms with E-state index in [4.69, 9.17) is 0 Å². The second kappa shape index (κ2) is 9.63. The van der Waals surface area contributed by atoms with E-state index in [1.807, 2.05) is 0 Å².